The second-order valence-corrected chi connectivity index (χ2v) is 7.19. The average molecular weight is 413 g/mol. The Bertz CT molecular complexity index is 1010. The fraction of sp³-hybridized carbons (Fsp3) is 0.174. The Kier molecular flexibility index (Phi) is 6.73. The lowest BCUT2D eigenvalue weighted by Gasteiger charge is -2.12. The molecule has 0 heterocycles. The molecular weight excluding hydrogens is 391 g/mol. The minimum atomic E-state index is -0.276. The Morgan fingerprint density at radius 3 is 2.48 bits per heavy atom. The topological polar surface area (TPSA) is 50.4 Å². The number of benzene rings is 3. The lowest BCUT2D eigenvalue weighted by molar-refractivity contribution is -0.118. The molecule has 2 N–H and O–H groups in total. The number of amides is 1. The van der Waals surface area contributed by atoms with E-state index in [1.165, 1.54) is 12.1 Å². The van der Waals surface area contributed by atoms with Gasteiger partial charge in [-0.05, 0) is 67.4 Å². The van der Waals surface area contributed by atoms with Crippen LogP contribution in [0.1, 0.15) is 16.7 Å². The van der Waals surface area contributed by atoms with E-state index >= 15 is 0 Å². The molecule has 0 bridgehead atoms. The number of carbonyl (C=O) groups excluding carboxylic acids is 1. The molecule has 3 aromatic carbocycles. The number of rotatable bonds is 7. The molecule has 1 amide bonds. The minimum absolute atomic E-state index is 0.139. The molecular formula is C23H22ClFN2O2. The van der Waals surface area contributed by atoms with E-state index in [2.05, 4.69) is 10.6 Å². The normalized spacial score (nSPS) is 10.5. The summed E-state index contributed by atoms with van der Waals surface area (Å²) in [6.07, 6.45) is 0. The van der Waals surface area contributed by atoms with Crippen LogP contribution in [0.5, 0.6) is 5.75 Å². The van der Waals surface area contributed by atoms with Gasteiger partial charge in [0.25, 0.3) is 5.91 Å². The van der Waals surface area contributed by atoms with Gasteiger partial charge in [-0.25, -0.2) is 4.39 Å². The summed E-state index contributed by atoms with van der Waals surface area (Å²) in [6, 6.07) is 17.3. The van der Waals surface area contributed by atoms with Gasteiger partial charge in [-0.15, -0.1) is 0 Å². The van der Waals surface area contributed by atoms with Crippen molar-refractivity contribution < 1.29 is 13.9 Å². The second kappa shape index (κ2) is 9.43. The van der Waals surface area contributed by atoms with E-state index in [1.807, 2.05) is 38.1 Å². The van der Waals surface area contributed by atoms with E-state index in [4.69, 9.17) is 16.3 Å². The summed E-state index contributed by atoms with van der Waals surface area (Å²) in [5, 5.41) is 6.45. The molecule has 0 saturated carbocycles. The largest absolute Gasteiger partial charge is 0.482 e. The Morgan fingerprint density at radius 2 is 1.79 bits per heavy atom. The Balaban J connectivity index is 1.53. The van der Waals surface area contributed by atoms with E-state index in [-0.39, 0.29) is 18.3 Å². The maximum atomic E-state index is 12.9. The van der Waals surface area contributed by atoms with E-state index in [0.717, 1.165) is 28.1 Å². The van der Waals surface area contributed by atoms with Crippen LogP contribution in [-0.4, -0.2) is 12.5 Å². The molecule has 0 aliphatic carbocycles. The SMILES string of the molecule is Cc1ccc(NC(=O)COc2ccc(CNc3ccc(F)cc3)cc2Cl)c(C)c1. The predicted octanol–water partition coefficient (Wildman–Crippen LogP) is 5.73. The summed E-state index contributed by atoms with van der Waals surface area (Å²) in [6.45, 7) is 4.33. The number of hydrogen-bond acceptors (Lipinski definition) is 3. The number of hydrogen-bond donors (Lipinski definition) is 2. The minimum Gasteiger partial charge on any atom is -0.482 e. The van der Waals surface area contributed by atoms with Gasteiger partial charge < -0.3 is 15.4 Å². The molecule has 0 unspecified atom stereocenters. The van der Waals surface area contributed by atoms with Crippen molar-refractivity contribution in [1.82, 2.24) is 0 Å². The third-order valence-electron chi connectivity index (χ3n) is 4.35. The van der Waals surface area contributed by atoms with Crippen LogP contribution in [0.25, 0.3) is 0 Å². The Hall–Kier alpha value is -3.05. The fourth-order valence-electron chi connectivity index (χ4n) is 2.83. The molecule has 6 heteroatoms. The number of halogens is 2. The highest BCUT2D eigenvalue weighted by Gasteiger charge is 2.09. The molecule has 0 fully saturated rings. The summed E-state index contributed by atoms with van der Waals surface area (Å²) in [5.41, 5.74) is 4.64. The lowest BCUT2D eigenvalue weighted by Crippen LogP contribution is -2.20. The van der Waals surface area contributed by atoms with Gasteiger partial charge in [0.2, 0.25) is 0 Å². The van der Waals surface area contributed by atoms with Crippen molar-refractivity contribution in [3.8, 4) is 5.75 Å². The van der Waals surface area contributed by atoms with E-state index in [9.17, 15) is 9.18 Å². The van der Waals surface area contributed by atoms with Crippen molar-refractivity contribution in [3.63, 3.8) is 0 Å². The molecule has 0 atom stereocenters. The molecule has 0 aliphatic rings. The van der Waals surface area contributed by atoms with Crippen LogP contribution in [0, 0.1) is 19.7 Å². The first-order valence-corrected chi connectivity index (χ1v) is 9.56. The second-order valence-electron chi connectivity index (χ2n) is 6.78. The zero-order valence-electron chi connectivity index (χ0n) is 16.3. The standard InChI is InChI=1S/C23H22ClFN2O2/c1-15-3-9-21(16(2)11-15)27-23(28)14-29-22-10-4-17(12-20(22)24)13-26-19-7-5-18(25)6-8-19/h3-12,26H,13-14H2,1-2H3,(H,27,28). The summed E-state index contributed by atoms with van der Waals surface area (Å²) in [7, 11) is 0. The Morgan fingerprint density at radius 1 is 1.03 bits per heavy atom. The summed E-state index contributed by atoms with van der Waals surface area (Å²) in [5.74, 6) is -0.0929. The third kappa shape index (κ3) is 5.96. The predicted molar refractivity (Wildman–Crippen MR) is 115 cm³/mol. The number of nitrogens with one attached hydrogen (secondary N) is 2. The quantitative estimate of drug-likeness (QED) is 0.521. The monoisotopic (exact) mass is 412 g/mol. The first-order chi connectivity index (χ1) is 13.9. The molecule has 0 saturated heterocycles. The zero-order valence-corrected chi connectivity index (χ0v) is 17.0. The number of ether oxygens (including phenoxy) is 1. The van der Waals surface area contributed by atoms with E-state index < -0.39 is 0 Å². The van der Waals surface area contributed by atoms with Gasteiger partial charge in [0.05, 0.1) is 5.02 Å². The fourth-order valence-corrected chi connectivity index (χ4v) is 3.08. The summed E-state index contributed by atoms with van der Waals surface area (Å²) < 4.78 is 18.5. The lowest BCUT2D eigenvalue weighted by atomic mass is 10.1. The highest BCUT2D eigenvalue weighted by Crippen LogP contribution is 2.26. The van der Waals surface area contributed by atoms with Crippen LogP contribution in [0.15, 0.2) is 60.7 Å². The maximum absolute atomic E-state index is 12.9. The first kappa shape index (κ1) is 20.7. The Labute approximate surface area is 174 Å². The highest BCUT2D eigenvalue weighted by molar-refractivity contribution is 6.32. The maximum Gasteiger partial charge on any atom is 0.262 e. The van der Waals surface area contributed by atoms with Crippen molar-refractivity contribution in [2.45, 2.75) is 20.4 Å². The van der Waals surface area contributed by atoms with Crippen molar-refractivity contribution >= 4 is 28.9 Å². The van der Waals surface area contributed by atoms with E-state index in [1.54, 1.807) is 24.3 Å². The van der Waals surface area contributed by atoms with Gasteiger partial charge in [0.15, 0.2) is 6.61 Å². The molecule has 0 radical (unpaired) electrons. The van der Waals surface area contributed by atoms with Gasteiger partial charge >= 0.3 is 0 Å². The van der Waals surface area contributed by atoms with Crippen LogP contribution in [0.3, 0.4) is 0 Å². The number of anilines is 2. The molecule has 150 valence electrons. The van der Waals surface area contributed by atoms with Crippen LogP contribution >= 0.6 is 11.6 Å². The highest BCUT2D eigenvalue weighted by atomic mass is 35.5. The molecule has 3 rings (SSSR count). The van der Waals surface area contributed by atoms with Gasteiger partial charge in [0.1, 0.15) is 11.6 Å². The van der Waals surface area contributed by atoms with E-state index in [0.29, 0.717) is 17.3 Å². The van der Waals surface area contributed by atoms with Crippen LogP contribution in [0.4, 0.5) is 15.8 Å². The van der Waals surface area contributed by atoms with Crippen LogP contribution < -0.4 is 15.4 Å². The first-order valence-electron chi connectivity index (χ1n) is 9.18. The smallest absolute Gasteiger partial charge is 0.262 e. The molecule has 4 nitrogen and oxygen atoms in total. The van der Waals surface area contributed by atoms with Crippen molar-refractivity contribution in [2.24, 2.45) is 0 Å². The number of aryl methyl sites for hydroxylation is 2. The van der Waals surface area contributed by atoms with Gasteiger partial charge in [-0.3, -0.25) is 4.79 Å². The summed E-state index contributed by atoms with van der Waals surface area (Å²) in [4.78, 5) is 12.2. The third-order valence-corrected chi connectivity index (χ3v) is 4.65. The van der Waals surface area contributed by atoms with Crippen LogP contribution in [-0.2, 0) is 11.3 Å². The summed E-state index contributed by atoms with van der Waals surface area (Å²) >= 11 is 6.28. The molecule has 3 aromatic rings. The average Bonchev–Trinajstić information content (AvgIpc) is 2.69. The van der Waals surface area contributed by atoms with Gasteiger partial charge in [-0.1, -0.05) is 35.4 Å². The van der Waals surface area contributed by atoms with Gasteiger partial charge in [0, 0.05) is 17.9 Å². The molecule has 0 spiro atoms. The van der Waals surface area contributed by atoms with Gasteiger partial charge in [-0.2, -0.15) is 0 Å². The van der Waals surface area contributed by atoms with Crippen molar-refractivity contribution in [2.75, 3.05) is 17.2 Å². The van der Waals surface area contributed by atoms with Crippen LogP contribution in [0.2, 0.25) is 5.02 Å². The molecule has 0 aromatic heterocycles. The van der Waals surface area contributed by atoms with Crippen molar-refractivity contribution in [3.05, 3.63) is 88.2 Å². The molecule has 0 aliphatic heterocycles. The zero-order chi connectivity index (χ0) is 20.8. The number of carbonyl (C=O) groups is 1. The molecule has 29 heavy (non-hydrogen) atoms. The van der Waals surface area contributed by atoms with Crippen molar-refractivity contribution in [1.29, 1.82) is 0 Å².